The summed E-state index contributed by atoms with van der Waals surface area (Å²) in [4.78, 5) is 0. The van der Waals surface area contributed by atoms with E-state index in [1.54, 1.807) is 0 Å². The molecule has 0 saturated carbocycles. The van der Waals surface area contributed by atoms with Gasteiger partial charge in [-0.15, -0.1) is 0 Å². The van der Waals surface area contributed by atoms with Gasteiger partial charge in [-0.1, -0.05) is 285 Å². The van der Waals surface area contributed by atoms with Gasteiger partial charge in [0.15, 0.2) is 0 Å². The molecule has 0 aromatic heterocycles. The van der Waals surface area contributed by atoms with Crippen molar-refractivity contribution in [1.29, 1.82) is 0 Å². The van der Waals surface area contributed by atoms with Crippen LogP contribution in [0.1, 0.15) is 362 Å². The number of rotatable bonds is 59. The van der Waals surface area contributed by atoms with Crippen molar-refractivity contribution in [3.05, 3.63) is 0 Å². The fourth-order valence-electron chi connectivity index (χ4n) is 11.3. The molecule has 0 aromatic rings. The lowest BCUT2D eigenvalue weighted by atomic mass is 10.0. The predicted molar refractivity (Wildman–Crippen MR) is 304 cm³/mol. The summed E-state index contributed by atoms with van der Waals surface area (Å²) in [5, 5.41) is 0. The molecule has 0 aliphatic heterocycles. The van der Waals surface area contributed by atoms with Gasteiger partial charge in [0.05, 0.1) is 53.4 Å². The van der Waals surface area contributed by atoms with Crippen LogP contribution in [-0.4, -0.2) is 62.3 Å². The van der Waals surface area contributed by atoms with Crippen molar-refractivity contribution in [3.63, 3.8) is 0 Å². The van der Waals surface area contributed by atoms with E-state index in [-0.39, 0.29) is 0 Å². The maximum absolute atomic E-state index is 2.66. The third-order valence-corrected chi connectivity index (χ3v) is 16.4. The normalized spacial score (nSPS) is 12.3. The Labute approximate surface area is 422 Å². The van der Waals surface area contributed by atoms with Gasteiger partial charge in [0, 0.05) is 0 Å². The van der Waals surface area contributed by atoms with E-state index in [0.717, 1.165) is 0 Å². The van der Waals surface area contributed by atoms with Crippen LogP contribution in [0.4, 0.5) is 0 Å². The third-order valence-electron chi connectivity index (χ3n) is 16.4. The van der Waals surface area contributed by atoms with E-state index < -0.39 is 0 Å². The summed E-state index contributed by atoms with van der Waals surface area (Å²) in [7, 11) is 5.32. The fourth-order valence-corrected chi connectivity index (χ4v) is 11.3. The molecule has 0 amide bonds. The molecule has 0 bridgehead atoms. The van der Waals surface area contributed by atoms with Gasteiger partial charge in [-0.05, 0) is 77.0 Å². The quantitative estimate of drug-likeness (QED) is 0.0421. The minimum absolute atomic E-state index is 1.36. The number of hydrogen-bond donors (Lipinski definition) is 0. The molecular formula is C64H134N2+2. The van der Waals surface area contributed by atoms with Gasteiger partial charge in [-0.3, -0.25) is 0 Å². The molecule has 0 spiro atoms. The number of hydrogen-bond acceptors (Lipinski definition) is 0. The van der Waals surface area contributed by atoms with Crippen LogP contribution in [0.15, 0.2) is 0 Å². The highest BCUT2D eigenvalue weighted by Crippen LogP contribution is 2.21. The van der Waals surface area contributed by atoms with E-state index in [1.165, 1.54) is 382 Å². The maximum Gasteiger partial charge on any atom is 0.0784 e. The fraction of sp³-hybridized carbons (Fsp3) is 1.00. The van der Waals surface area contributed by atoms with Crippen molar-refractivity contribution in [1.82, 2.24) is 0 Å². The van der Waals surface area contributed by atoms with Crippen molar-refractivity contribution < 1.29 is 8.97 Å². The first-order chi connectivity index (χ1) is 32.4. The topological polar surface area (TPSA) is 0 Å². The largest absolute Gasteiger partial charge is 0.326 e. The highest BCUT2D eigenvalue weighted by molar-refractivity contribution is 4.56. The molecule has 2 nitrogen and oxygen atoms in total. The second kappa shape index (κ2) is 54.3. The molecule has 0 heterocycles. The van der Waals surface area contributed by atoms with E-state index in [4.69, 9.17) is 0 Å². The standard InChI is InChI=1S/C64H134N2/c1-7-11-15-19-23-27-31-35-39-43-47-53-59-65(5,60-54-48-44-40-36-32-28-24-20-16-12-8-2)63-57-51-52-58-64-66(6,61-55-49-45-41-37-33-29-25-21-17-13-9-3)62-56-50-46-42-38-34-30-26-22-18-14-10-4/h7-64H2,1-6H3/q+2. The SMILES string of the molecule is CCCCCCCCCCCCCC[N+](C)(CCCCCCCCCCCCCC)CCCCCC[N+](C)(CCCCCCCCCCCCCC)CCCCCCCCCCCCCC. The van der Waals surface area contributed by atoms with Gasteiger partial charge < -0.3 is 8.97 Å². The molecule has 66 heavy (non-hydrogen) atoms. The Balaban J connectivity index is 4.79. The second-order valence-electron chi connectivity index (χ2n) is 23.6. The first kappa shape index (κ1) is 65.9. The minimum atomic E-state index is 1.36. The molecule has 2 heteroatoms. The molecule has 398 valence electrons. The van der Waals surface area contributed by atoms with Crippen LogP contribution in [0.25, 0.3) is 0 Å². The van der Waals surface area contributed by atoms with Crippen molar-refractivity contribution in [3.8, 4) is 0 Å². The molecule has 0 unspecified atom stereocenters. The lowest BCUT2D eigenvalue weighted by Gasteiger charge is -2.36. The maximum atomic E-state index is 2.66. The van der Waals surface area contributed by atoms with E-state index in [9.17, 15) is 0 Å². The molecule has 0 aliphatic carbocycles. The van der Waals surface area contributed by atoms with Gasteiger partial charge in [0.25, 0.3) is 0 Å². The Morgan fingerprint density at radius 3 is 0.333 bits per heavy atom. The first-order valence-corrected chi connectivity index (χ1v) is 32.1. The smallest absolute Gasteiger partial charge is 0.0784 e. The van der Waals surface area contributed by atoms with Crippen LogP contribution in [0.3, 0.4) is 0 Å². The number of nitrogens with zero attached hydrogens (tertiary/aromatic N) is 2. The van der Waals surface area contributed by atoms with Crippen molar-refractivity contribution in [2.45, 2.75) is 362 Å². The van der Waals surface area contributed by atoms with Crippen LogP contribution in [0.2, 0.25) is 0 Å². The average Bonchev–Trinajstić information content (AvgIpc) is 3.31. The molecular weight excluding hydrogens is 797 g/mol. The van der Waals surface area contributed by atoms with Crippen molar-refractivity contribution in [2.24, 2.45) is 0 Å². The summed E-state index contributed by atoms with van der Waals surface area (Å²) in [5.41, 5.74) is 0. The predicted octanol–water partition coefficient (Wildman–Crippen LogP) is 22.2. The molecule has 0 aliphatic rings. The Bertz CT molecular complexity index is 741. The molecule has 0 aromatic carbocycles. The van der Waals surface area contributed by atoms with E-state index >= 15 is 0 Å². The summed E-state index contributed by atoms with van der Waals surface area (Å²) >= 11 is 0. The Hall–Kier alpha value is -0.0800. The van der Waals surface area contributed by atoms with Crippen molar-refractivity contribution in [2.75, 3.05) is 53.4 Å². The molecule has 0 N–H and O–H groups in total. The molecule has 0 atom stereocenters. The first-order valence-electron chi connectivity index (χ1n) is 32.1. The zero-order valence-electron chi connectivity index (χ0n) is 47.9. The second-order valence-corrected chi connectivity index (χ2v) is 23.6. The van der Waals surface area contributed by atoms with Gasteiger partial charge >= 0.3 is 0 Å². The summed E-state index contributed by atoms with van der Waals surface area (Å²) in [6.07, 6.45) is 76.0. The van der Waals surface area contributed by atoms with Crippen molar-refractivity contribution >= 4 is 0 Å². The molecule has 0 rings (SSSR count). The van der Waals surface area contributed by atoms with Crippen LogP contribution in [0.5, 0.6) is 0 Å². The van der Waals surface area contributed by atoms with Gasteiger partial charge in [-0.25, -0.2) is 0 Å². The summed E-state index contributed by atoms with van der Waals surface area (Å²) in [5.74, 6) is 0. The van der Waals surface area contributed by atoms with Gasteiger partial charge in [0.2, 0.25) is 0 Å². The Morgan fingerprint density at radius 2 is 0.227 bits per heavy atom. The monoisotopic (exact) mass is 931 g/mol. The van der Waals surface area contributed by atoms with E-state index in [2.05, 4.69) is 41.8 Å². The highest BCUT2D eigenvalue weighted by atomic mass is 15.3. The lowest BCUT2D eigenvalue weighted by molar-refractivity contribution is -0.911. The minimum Gasteiger partial charge on any atom is -0.326 e. The molecule has 0 fully saturated rings. The zero-order chi connectivity index (χ0) is 48.0. The van der Waals surface area contributed by atoms with Crippen LogP contribution in [0, 0.1) is 0 Å². The van der Waals surface area contributed by atoms with Gasteiger partial charge in [-0.2, -0.15) is 0 Å². The molecule has 0 saturated heterocycles. The van der Waals surface area contributed by atoms with E-state index in [0.29, 0.717) is 0 Å². The van der Waals surface area contributed by atoms with Gasteiger partial charge in [0.1, 0.15) is 0 Å². The van der Waals surface area contributed by atoms with E-state index in [1.807, 2.05) is 0 Å². The summed E-state index contributed by atoms with van der Waals surface area (Å²) < 4.78 is 2.72. The summed E-state index contributed by atoms with van der Waals surface area (Å²) in [6.45, 7) is 17.9. The Kier molecular flexibility index (Phi) is 54.2. The summed E-state index contributed by atoms with van der Waals surface area (Å²) in [6, 6.07) is 0. The Morgan fingerprint density at radius 1 is 0.136 bits per heavy atom. The zero-order valence-corrected chi connectivity index (χ0v) is 47.9. The number of unbranched alkanes of at least 4 members (excludes halogenated alkanes) is 47. The average molecular weight is 932 g/mol. The van der Waals surface area contributed by atoms with Crippen LogP contribution >= 0.6 is 0 Å². The highest BCUT2D eigenvalue weighted by Gasteiger charge is 2.22. The van der Waals surface area contributed by atoms with Crippen LogP contribution in [-0.2, 0) is 0 Å². The third kappa shape index (κ3) is 50.3. The van der Waals surface area contributed by atoms with Crippen LogP contribution < -0.4 is 0 Å². The lowest BCUT2D eigenvalue weighted by Crippen LogP contribution is -2.46. The molecule has 0 radical (unpaired) electrons. The number of quaternary nitrogens is 2.